The van der Waals surface area contributed by atoms with Crippen molar-refractivity contribution in [1.82, 2.24) is 24.8 Å². The Labute approximate surface area is 292 Å². The van der Waals surface area contributed by atoms with Crippen LogP contribution in [0.25, 0.3) is 32.2 Å². The van der Waals surface area contributed by atoms with Crippen LogP contribution < -0.4 is 15.4 Å². The predicted octanol–water partition coefficient (Wildman–Crippen LogP) is 4.83. The van der Waals surface area contributed by atoms with E-state index in [0.29, 0.717) is 52.4 Å². The molecular formula is C36H40F2N8O3S. The van der Waals surface area contributed by atoms with Crippen LogP contribution in [0.3, 0.4) is 0 Å². The monoisotopic (exact) mass is 702 g/mol. The molecule has 4 fully saturated rings. The van der Waals surface area contributed by atoms with Crippen molar-refractivity contribution in [2.45, 2.75) is 89.1 Å². The first-order valence-corrected chi connectivity index (χ1v) is 18.4. The van der Waals surface area contributed by atoms with Gasteiger partial charge in [0.15, 0.2) is 5.82 Å². The number of nitriles is 1. The second-order valence-electron chi connectivity index (χ2n) is 14.9. The van der Waals surface area contributed by atoms with Crippen LogP contribution in [0.1, 0.15) is 61.3 Å². The van der Waals surface area contributed by atoms with Gasteiger partial charge in [0, 0.05) is 66.5 Å². The molecule has 5 aliphatic rings. The number of aryl methyl sites for hydroxylation is 1. The zero-order valence-electron chi connectivity index (χ0n) is 28.2. The Kier molecular flexibility index (Phi) is 7.67. The number of halogens is 2. The lowest BCUT2D eigenvalue weighted by Crippen LogP contribution is -2.55. The van der Waals surface area contributed by atoms with Gasteiger partial charge in [-0.1, -0.05) is 0 Å². The molecule has 4 aromatic rings. The summed E-state index contributed by atoms with van der Waals surface area (Å²) in [5.41, 5.74) is 9.19. The van der Waals surface area contributed by atoms with E-state index in [9.17, 15) is 14.8 Å². The molecule has 262 valence electrons. The largest absolute Gasteiger partial charge is 0.461 e. The number of pyridine rings is 1. The summed E-state index contributed by atoms with van der Waals surface area (Å²) in [5, 5.41) is 21.8. The maximum Gasteiger partial charge on any atom is 0.319 e. The van der Waals surface area contributed by atoms with Crippen LogP contribution in [0, 0.1) is 24.1 Å². The van der Waals surface area contributed by atoms with Crippen LogP contribution in [0.15, 0.2) is 6.20 Å². The normalized spacial score (nSPS) is 27.0. The van der Waals surface area contributed by atoms with Crippen molar-refractivity contribution >= 4 is 43.1 Å². The third-order valence-electron chi connectivity index (χ3n) is 11.6. The molecule has 5 atom stereocenters. The third kappa shape index (κ3) is 4.88. The zero-order valence-corrected chi connectivity index (χ0v) is 29.0. The van der Waals surface area contributed by atoms with Crippen molar-refractivity contribution < 1.29 is 23.4 Å². The van der Waals surface area contributed by atoms with Gasteiger partial charge < -0.3 is 25.2 Å². The van der Waals surface area contributed by atoms with Crippen LogP contribution >= 0.6 is 11.3 Å². The van der Waals surface area contributed by atoms with Crippen LogP contribution in [0.2, 0.25) is 0 Å². The lowest BCUT2D eigenvalue weighted by atomic mass is 9.92. The average molecular weight is 703 g/mol. The van der Waals surface area contributed by atoms with Crippen LogP contribution in [-0.2, 0) is 18.0 Å². The number of aliphatic hydroxyl groups excluding tert-OH is 1. The van der Waals surface area contributed by atoms with Gasteiger partial charge in [0.1, 0.15) is 35.2 Å². The minimum absolute atomic E-state index is 0.0602. The minimum Gasteiger partial charge on any atom is -0.461 e. The van der Waals surface area contributed by atoms with E-state index >= 15 is 4.39 Å². The van der Waals surface area contributed by atoms with Gasteiger partial charge in [-0.25, -0.2) is 8.78 Å². The summed E-state index contributed by atoms with van der Waals surface area (Å²) >= 11 is 1.30. The summed E-state index contributed by atoms with van der Waals surface area (Å²) in [6, 6.07) is 2.50. The summed E-state index contributed by atoms with van der Waals surface area (Å²) in [6.07, 6.45) is 4.42. The lowest BCUT2D eigenvalue weighted by Gasteiger charge is -2.42. The molecule has 1 aromatic carbocycles. The lowest BCUT2D eigenvalue weighted by molar-refractivity contribution is 0.107. The standard InChI is InChI=1S/C36H40F2N8O3S/c1-18-10-41-30(27-23(9-39)33(40)50-32(18)27)26-24-15-48-16-25(24)28-31(29(26)38)42-35(49-17-36-6-3-7-45(36)12-20(37)8-36)43-34(28)46-21-4-5-22(46)14-44(13-21)11-19(2)47/h10,19-22,47H,3-8,11-17,40H2,1-2H3/t19-,20-,21?,22?,36-/m1/s1. The maximum absolute atomic E-state index is 17.6. The van der Waals surface area contributed by atoms with E-state index in [4.69, 9.17) is 30.2 Å². The van der Waals surface area contributed by atoms with Gasteiger partial charge in [0.2, 0.25) is 0 Å². The van der Waals surface area contributed by atoms with Crippen molar-refractivity contribution in [2.24, 2.45) is 0 Å². The fraction of sp³-hybridized carbons (Fsp3) is 0.556. The maximum atomic E-state index is 17.6. The molecule has 9 rings (SSSR count). The molecular weight excluding hydrogens is 663 g/mol. The molecule has 0 radical (unpaired) electrons. The highest BCUT2D eigenvalue weighted by Crippen LogP contribution is 2.48. The van der Waals surface area contributed by atoms with Gasteiger partial charge in [-0.3, -0.25) is 14.8 Å². The topological polar surface area (TPSA) is 137 Å². The van der Waals surface area contributed by atoms with E-state index in [0.717, 1.165) is 61.1 Å². The van der Waals surface area contributed by atoms with E-state index in [1.54, 1.807) is 13.1 Å². The quantitative estimate of drug-likeness (QED) is 0.274. The zero-order chi connectivity index (χ0) is 34.5. The molecule has 0 spiro atoms. The Hall–Kier alpha value is -3.74. The van der Waals surface area contributed by atoms with Gasteiger partial charge in [-0.05, 0) is 62.8 Å². The molecule has 4 saturated heterocycles. The second kappa shape index (κ2) is 11.9. The Morgan fingerprint density at radius 3 is 2.74 bits per heavy atom. The molecule has 50 heavy (non-hydrogen) atoms. The van der Waals surface area contributed by atoms with Crippen molar-refractivity contribution in [2.75, 3.05) is 50.0 Å². The molecule has 2 unspecified atom stereocenters. The molecule has 0 saturated carbocycles. The highest BCUT2D eigenvalue weighted by Gasteiger charge is 2.50. The Morgan fingerprint density at radius 2 is 1.98 bits per heavy atom. The minimum atomic E-state index is -0.911. The van der Waals surface area contributed by atoms with Crippen molar-refractivity contribution in [3.8, 4) is 23.3 Å². The van der Waals surface area contributed by atoms with Gasteiger partial charge >= 0.3 is 6.01 Å². The number of piperazine rings is 1. The molecule has 3 aromatic heterocycles. The predicted molar refractivity (Wildman–Crippen MR) is 186 cm³/mol. The SMILES string of the molecule is Cc1cnc(-c2c3c(c4c(N5C6CCC5CN(C[C@@H](C)O)C6)nc(OC[C@]56CCCN5C[C@H](F)C6)nc4c2F)COC3)c2c(C#N)c(N)sc12. The van der Waals surface area contributed by atoms with E-state index in [1.165, 1.54) is 11.3 Å². The molecule has 11 nitrogen and oxygen atoms in total. The number of alkyl halides is 1. The van der Waals surface area contributed by atoms with E-state index in [2.05, 4.69) is 20.8 Å². The number of β-amino-alcohol motifs (C(OH)–C–C–N with tert-alkyl or cyclic N) is 1. The number of nitrogen functional groups attached to an aromatic ring is 1. The van der Waals surface area contributed by atoms with Gasteiger partial charge in [0.25, 0.3) is 0 Å². The highest BCUT2D eigenvalue weighted by atomic mass is 32.1. The number of hydrogen-bond donors (Lipinski definition) is 2. The van der Waals surface area contributed by atoms with Crippen molar-refractivity contribution in [3.05, 3.63) is 34.3 Å². The first kappa shape index (κ1) is 32.2. The fourth-order valence-corrected chi connectivity index (χ4v) is 10.5. The molecule has 0 amide bonds. The molecule has 14 heteroatoms. The number of rotatable bonds is 7. The van der Waals surface area contributed by atoms with Crippen molar-refractivity contribution in [1.29, 1.82) is 5.26 Å². The second-order valence-corrected chi connectivity index (χ2v) is 15.9. The number of anilines is 2. The van der Waals surface area contributed by atoms with Gasteiger partial charge in [-0.15, -0.1) is 11.3 Å². The number of thiophene rings is 1. The fourth-order valence-electron chi connectivity index (χ4n) is 9.53. The smallest absolute Gasteiger partial charge is 0.319 e. The van der Waals surface area contributed by atoms with E-state index in [-0.39, 0.29) is 54.6 Å². The van der Waals surface area contributed by atoms with Gasteiger partial charge in [0.05, 0.1) is 41.5 Å². The number of hydrogen-bond acceptors (Lipinski definition) is 12. The Morgan fingerprint density at radius 1 is 1.20 bits per heavy atom. The molecule has 2 bridgehead atoms. The summed E-state index contributed by atoms with van der Waals surface area (Å²) < 4.78 is 45.5. The number of nitrogens with zero attached hydrogens (tertiary/aromatic N) is 7. The third-order valence-corrected chi connectivity index (χ3v) is 12.7. The summed E-state index contributed by atoms with van der Waals surface area (Å²) in [5.74, 6) is 0.0472. The Balaban J connectivity index is 1.24. The molecule has 3 N–H and O–H groups in total. The number of fused-ring (bicyclic) bond motifs is 7. The molecule has 0 aliphatic carbocycles. The van der Waals surface area contributed by atoms with Crippen molar-refractivity contribution in [3.63, 3.8) is 0 Å². The van der Waals surface area contributed by atoms with Crippen LogP contribution in [0.5, 0.6) is 6.01 Å². The number of ether oxygens (including phenoxy) is 2. The number of nitrogens with two attached hydrogens (primary N) is 1. The average Bonchev–Trinajstić information content (AvgIpc) is 3.88. The van der Waals surface area contributed by atoms with Gasteiger partial charge in [-0.2, -0.15) is 15.2 Å². The number of benzene rings is 1. The molecule has 8 heterocycles. The summed E-state index contributed by atoms with van der Waals surface area (Å²) in [4.78, 5) is 21.4. The van der Waals surface area contributed by atoms with Crippen LogP contribution in [0.4, 0.5) is 19.6 Å². The number of aliphatic hydroxyl groups is 1. The number of likely N-dealkylation sites (tertiary alicyclic amines) is 1. The van der Waals surface area contributed by atoms with Crippen LogP contribution in [-0.4, -0.2) is 99.1 Å². The highest BCUT2D eigenvalue weighted by molar-refractivity contribution is 7.23. The Bertz CT molecular complexity index is 2070. The first-order chi connectivity index (χ1) is 24.2. The number of aromatic nitrogens is 3. The summed E-state index contributed by atoms with van der Waals surface area (Å²) in [7, 11) is 0. The van der Waals surface area contributed by atoms with E-state index < -0.39 is 23.6 Å². The first-order valence-electron chi connectivity index (χ1n) is 17.6. The summed E-state index contributed by atoms with van der Waals surface area (Å²) in [6.45, 7) is 7.65. The van der Waals surface area contributed by atoms with E-state index in [1.807, 2.05) is 6.92 Å². The molecule has 5 aliphatic heterocycles.